The van der Waals surface area contributed by atoms with Gasteiger partial charge >= 0.3 is 0 Å². The van der Waals surface area contributed by atoms with Crippen molar-refractivity contribution < 1.29 is 0 Å². The number of aromatic nitrogens is 6. The summed E-state index contributed by atoms with van der Waals surface area (Å²) in [5, 5.41) is 12.8. The van der Waals surface area contributed by atoms with Gasteiger partial charge in [0.05, 0.1) is 24.1 Å². The molecule has 0 spiro atoms. The Morgan fingerprint density at radius 1 is 1.30 bits per heavy atom. The van der Waals surface area contributed by atoms with Crippen molar-refractivity contribution in [3.8, 4) is 0 Å². The Labute approximate surface area is 120 Å². The third kappa shape index (κ3) is 2.88. The number of nitrogen functional groups attached to an aromatic ring is 1. The molecule has 1 aliphatic rings. The Kier molecular flexibility index (Phi) is 4.07. The second-order valence-electron chi connectivity index (χ2n) is 4.67. The van der Waals surface area contributed by atoms with E-state index in [4.69, 9.17) is 5.84 Å². The van der Waals surface area contributed by atoms with Crippen LogP contribution in [0.5, 0.6) is 0 Å². The highest BCUT2D eigenvalue weighted by Crippen LogP contribution is 2.31. The van der Waals surface area contributed by atoms with E-state index in [0.717, 1.165) is 23.7 Å². The van der Waals surface area contributed by atoms with Gasteiger partial charge in [-0.15, -0.1) is 5.10 Å². The van der Waals surface area contributed by atoms with Gasteiger partial charge in [0.2, 0.25) is 5.16 Å². The van der Waals surface area contributed by atoms with Crippen LogP contribution in [0, 0.1) is 0 Å². The van der Waals surface area contributed by atoms with Gasteiger partial charge in [-0.2, -0.15) is 0 Å². The van der Waals surface area contributed by atoms with Crippen LogP contribution in [0.3, 0.4) is 0 Å². The molecule has 2 aromatic rings. The van der Waals surface area contributed by atoms with Gasteiger partial charge < -0.3 is 5.43 Å². The summed E-state index contributed by atoms with van der Waals surface area (Å²) in [5.41, 5.74) is 3.32. The predicted octanol–water partition coefficient (Wildman–Crippen LogP) is 1.16. The van der Waals surface area contributed by atoms with Gasteiger partial charge in [0, 0.05) is 5.75 Å². The van der Waals surface area contributed by atoms with E-state index < -0.39 is 0 Å². The molecule has 0 radical (unpaired) electrons. The monoisotopic (exact) mass is 292 g/mol. The fourth-order valence-corrected chi connectivity index (χ4v) is 3.14. The van der Waals surface area contributed by atoms with Crippen molar-refractivity contribution in [2.45, 2.75) is 42.6 Å². The van der Waals surface area contributed by atoms with Crippen molar-refractivity contribution in [1.82, 2.24) is 30.2 Å². The van der Waals surface area contributed by atoms with Crippen LogP contribution >= 0.6 is 11.8 Å². The molecule has 106 valence electrons. The molecular weight excluding hydrogens is 276 g/mol. The molecule has 2 aromatic heterocycles. The normalized spacial score (nSPS) is 15.7. The lowest BCUT2D eigenvalue weighted by molar-refractivity contribution is 0.423. The third-order valence-corrected chi connectivity index (χ3v) is 4.30. The Morgan fingerprint density at radius 3 is 2.85 bits per heavy atom. The summed E-state index contributed by atoms with van der Waals surface area (Å²) in [7, 11) is 0. The smallest absolute Gasteiger partial charge is 0.209 e. The number of hydrogen-bond donors (Lipinski definition) is 2. The van der Waals surface area contributed by atoms with Crippen LogP contribution in [0.25, 0.3) is 0 Å². The van der Waals surface area contributed by atoms with E-state index in [0.29, 0.717) is 17.6 Å². The van der Waals surface area contributed by atoms with Gasteiger partial charge in [0.1, 0.15) is 0 Å². The fraction of sp³-hybridized carbons (Fsp3) is 0.545. The number of anilines is 1. The largest absolute Gasteiger partial charge is 0.307 e. The first kappa shape index (κ1) is 13.3. The second kappa shape index (κ2) is 6.14. The van der Waals surface area contributed by atoms with Crippen LogP contribution in [0.15, 0.2) is 17.6 Å². The lowest BCUT2D eigenvalue weighted by atomic mass is 10.3. The van der Waals surface area contributed by atoms with Crippen LogP contribution < -0.4 is 11.3 Å². The van der Waals surface area contributed by atoms with Crippen LogP contribution in [0.4, 0.5) is 5.82 Å². The molecule has 0 aliphatic heterocycles. The maximum absolute atomic E-state index is 5.25. The van der Waals surface area contributed by atoms with E-state index in [9.17, 15) is 0 Å². The minimum atomic E-state index is 0.447. The van der Waals surface area contributed by atoms with E-state index in [2.05, 4.69) is 30.9 Å². The number of hydrogen-bond acceptors (Lipinski definition) is 8. The van der Waals surface area contributed by atoms with Gasteiger partial charge in [0.15, 0.2) is 5.82 Å². The van der Waals surface area contributed by atoms with Crippen LogP contribution in [0.2, 0.25) is 0 Å². The Morgan fingerprint density at radius 2 is 2.15 bits per heavy atom. The number of nitrogens with two attached hydrogens (primary N) is 1. The molecule has 2 heterocycles. The highest BCUT2D eigenvalue weighted by Gasteiger charge is 2.21. The zero-order valence-corrected chi connectivity index (χ0v) is 11.8. The highest BCUT2D eigenvalue weighted by molar-refractivity contribution is 7.98. The quantitative estimate of drug-likeness (QED) is 0.480. The van der Waals surface area contributed by atoms with Gasteiger partial charge in [-0.05, 0) is 23.3 Å². The molecule has 0 saturated heterocycles. The summed E-state index contributed by atoms with van der Waals surface area (Å²) < 4.78 is 1.95. The molecule has 1 saturated carbocycles. The summed E-state index contributed by atoms with van der Waals surface area (Å²) in [5.74, 6) is 6.49. The molecule has 3 N–H and O–H groups in total. The summed E-state index contributed by atoms with van der Waals surface area (Å²) in [4.78, 5) is 8.40. The Hall–Kier alpha value is -1.74. The lowest BCUT2D eigenvalue weighted by Crippen LogP contribution is -2.09. The second-order valence-corrected chi connectivity index (χ2v) is 5.61. The number of tetrazole rings is 1. The van der Waals surface area contributed by atoms with E-state index >= 15 is 0 Å². The van der Waals surface area contributed by atoms with E-state index in [1.807, 2.05) is 4.68 Å². The average Bonchev–Trinajstić information content (AvgIpc) is 3.16. The van der Waals surface area contributed by atoms with Crippen LogP contribution in [-0.4, -0.2) is 30.2 Å². The highest BCUT2D eigenvalue weighted by atomic mass is 32.2. The molecule has 1 aliphatic carbocycles. The molecule has 0 amide bonds. The molecule has 20 heavy (non-hydrogen) atoms. The van der Waals surface area contributed by atoms with E-state index in [-0.39, 0.29) is 0 Å². The minimum absolute atomic E-state index is 0.447. The Balaban J connectivity index is 1.64. The first-order valence-corrected chi connectivity index (χ1v) is 7.53. The number of hydrazine groups is 1. The summed E-state index contributed by atoms with van der Waals surface area (Å²) in [6.07, 6.45) is 8.15. The van der Waals surface area contributed by atoms with Gasteiger partial charge in [-0.1, -0.05) is 24.6 Å². The molecule has 0 aromatic carbocycles. The zero-order valence-electron chi connectivity index (χ0n) is 10.9. The average molecular weight is 292 g/mol. The molecule has 0 atom stereocenters. The first-order valence-electron chi connectivity index (χ1n) is 6.55. The number of nitrogens with one attached hydrogen (secondary N) is 1. The third-order valence-electron chi connectivity index (χ3n) is 3.34. The fourth-order valence-electron chi connectivity index (χ4n) is 2.30. The first-order chi connectivity index (χ1) is 9.86. The molecular formula is C11H16N8S. The number of thioether (sulfide) groups is 1. The molecule has 3 rings (SSSR count). The van der Waals surface area contributed by atoms with Crippen molar-refractivity contribution in [1.29, 1.82) is 0 Å². The van der Waals surface area contributed by atoms with Crippen molar-refractivity contribution >= 4 is 17.6 Å². The standard InChI is InChI=1S/C11H16N8S/c12-15-10-6-13-8(5-14-10)7-20-11-16-17-18-19(11)9-3-1-2-4-9/h5-6,9H,1-4,7,12H2,(H,14,15). The summed E-state index contributed by atoms with van der Waals surface area (Å²) in [6, 6.07) is 0.447. The van der Waals surface area contributed by atoms with Crippen LogP contribution in [-0.2, 0) is 5.75 Å². The molecule has 1 fully saturated rings. The summed E-state index contributed by atoms with van der Waals surface area (Å²) >= 11 is 1.58. The number of nitrogens with zero attached hydrogens (tertiary/aromatic N) is 6. The molecule has 0 bridgehead atoms. The topological polar surface area (TPSA) is 107 Å². The van der Waals surface area contributed by atoms with Crippen molar-refractivity contribution in [3.05, 3.63) is 18.1 Å². The maximum Gasteiger partial charge on any atom is 0.209 e. The summed E-state index contributed by atoms with van der Waals surface area (Å²) in [6.45, 7) is 0. The molecule has 9 heteroatoms. The van der Waals surface area contributed by atoms with Crippen molar-refractivity contribution in [2.24, 2.45) is 5.84 Å². The predicted molar refractivity (Wildman–Crippen MR) is 74.7 cm³/mol. The maximum atomic E-state index is 5.25. The van der Waals surface area contributed by atoms with Crippen molar-refractivity contribution in [3.63, 3.8) is 0 Å². The zero-order chi connectivity index (χ0) is 13.8. The van der Waals surface area contributed by atoms with E-state index in [1.165, 1.54) is 12.8 Å². The van der Waals surface area contributed by atoms with E-state index in [1.54, 1.807) is 24.2 Å². The SMILES string of the molecule is NNc1cnc(CSc2nnnn2C2CCCC2)cn1. The van der Waals surface area contributed by atoms with Gasteiger partial charge in [0.25, 0.3) is 0 Å². The molecule has 0 unspecified atom stereocenters. The van der Waals surface area contributed by atoms with Gasteiger partial charge in [-0.3, -0.25) is 4.98 Å². The van der Waals surface area contributed by atoms with Gasteiger partial charge in [-0.25, -0.2) is 15.5 Å². The van der Waals surface area contributed by atoms with Crippen molar-refractivity contribution in [2.75, 3.05) is 5.43 Å². The van der Waals surface area contributed by atoms with Crippen LogP contribution in [0.1, 0.15) is 37.4 Å². The lowest BCUT2D eigenvalue weighted by Gasteiger charge is -2.10. The Bertz CT molecular complexity index is 548. The number of rotatable bonds is 5. The molecule has 8 nitrogen and oxygen atoms in total. The minimum Gasteiger partial charge on any atom is -0.307 e.